The van der Waals surface area contributed by atoms with Gasteiger partial charge in [0.1, 0.15) is 11.6 Å². The molecule has 20 heavy (non-hydrogen) atoms. The number of imidazole rings is 1. The SMILES string of the molecule is Fc1ccc(F)c(C(NCCn2ccnc2)C2CC2)c1. The van der Waals surface area contributed by atoms with Gasteiger partial charge in [-0.05, 0) is 37.0 Å². The van der Waals surface area contributed by atoms with Crippen molar-refractivity contribution in [2.45, 2.75) is 25.4 Å². The fourth-order valence-electron chi connectivity index (χ4n) is 2.48. The third kappa shape index (κ3) is 3.04. The van der Waals surface area contributed by atoms with Crippen molar-refractivity contribution in [1.29, 1.82) is 0 Å². The van der Waals surface area contributed by atoms with Gasteiger partial charge in [0.05, 0.1) is 6.33 Å². The molecule has 1 atom stereocenters. The number of hydrogen-bond donors (Lipinski definition) is 1. The van der Waals surface area contributed by atoms with Crippen molar-refractivity contribution in [3.63, 3.8) is 0 Å². The average Bonchev–Trinajstić information content (AvgIpc) is 3.14. The number of rotatable bonds is 6. The summed E-state index contributed by atoms with van der Waals surface area (Å²) in [6.07, 6.45) is 7.50. The van der Waals surface area contributed by atoms with Crippen LogP contribution in [0, 0.1) is 17.6 Å². The number of aromatic nitrogens is 2. The van der Waals surface area contributed by atoms with Gasteiger partial charge in [-0.25, -0.2) is 13.8 Å². The molecule has 0 radical (unpaired) electrons. The van der Waals surface area contributed by atoms with E-state index in [2.05, 4.69) is 10.3 Å². The first-order valence-electron chi connectivity index (χ1n) is 6.88. The maximum Gasteiger partial charge on any atom is 0.128 e. The van der Waals surface area contributed by atoms with E-state index in [1.54, 1.807) is 12.5 Å². The van der Waals surface area contributed by atoms with E-state index in [1.165, 1.54) is 12.1 Å². The van der Waals surface area contributed by atoms with Crippen LogP contribution in [0.1, 0.15) is 24.4 Å². The van der Waals surface area contributed by atoms with Gasteiger partial charge in [0, 0.05) is 37.1 Å². The van der Waals surface area contributed by atoms with Crippen LogP contribution in [-0.2, 0) is 6.54 Å². The molecular formula is C15H17F2N3. The van der Waals surface area contributed by atoms with Crippen molar-refractivity contribution in [2.75, 3.05) is 6.54 Å². The molecule has 1 N–H and O–H groups in total. The molecule has 1 unspecified atom stereocenters. The zero-order valence-corrected chi connectivity index (χ0v) is 11.1. The second kappa shape index (κ2) is 5.71. The molecule has 2 aromatic rings. The Morgan fingerprint density at radius 1 is 1.35 bits per heavy atom. The lowest BCUT2D eigenvalue weighted by molar-refractivity contribution is 0.439. The van der Waals surface area contributed by atoms with Crippen LogP contribution in [0.15, 0.2) is 36.9 Å². The first-order chi connectivity index (χ1) is 9.74. The highest BCUT2D eigenvalue weighted by Gasteiger charge is 2.33. The Hall–Kier alpha value is -1.75. The molecule has 1 aliphatic carbocycles. The average molecular weight is 277 g/mol. The molecular weight excluding hydrogens is 260 g/mol. The zero-order valence-electron chi connectivity index (χ0n) is 11.1. The van der Waals surface area contributed by atoms with Crippen LogP contribution in [0.25, 0.3) is 0 Å². The van der Waals surface area contributed by atoms with Gasteiger partial charge in [-0.15, -0.1) is 0 Å². The maximum absolute atomic E-state index is 13.9. The zero-order chi connectivity index (χ0) is 13.9. The Bertz CT molecular complexity index is 565. The fraction of sp³-hybridized carbons (Fsp3) is 0.400. The number of benzene rings is 1. The summed E-state index contributed by atoms with van der Waals surface area (Å²) in [7, 11) is 0. The molecule has 1 fully saturated rings. The van der Waals surface area contributed by atoms with E-state index in [1.807, 2.05) is 10.8 Å². The maximum atomic E-state index is 13.9. The molecule has 106 valence electrons. The minimum absolute atomic E-state index is 0.103. The van der Waals surface area contributed by atoms with Gasteiger partial charge in [0.25, 0.3) is 0 Å². The molecule has 3 rings (SSSR count). The normalized spacial score (nSPS) is 16.3. The summed E-state index contributed by atoms with van der Waals surface area (Å²) >= 11 is 0. The van der Waals surface area contributed by atoms with Crippen molar-refractivity contribution in [3.8, 4) is 0 Å². The first kappa shape index (κ1) is 13.2. The molecule has 3 nitrogen and oxygen atoms in total. The molecule has 0 amide bonds. The van der Waals surface area contributed by atoms with Crippen LogP contribution in [0.2, 0.25) is 0 Å². The highest BCUT2D eigenvalue weighted by atomic mass is 19.1. The Balaban J connectivity index is 1.67. The van der Waals surface area contributed by atoms with E-state index in [4.69, 9.17) is 0 Å². The summed E-state index contributed by atoms with van der Waals surface area (Å²) in [5.74, 6) is -0.309. The Morgan fingerprint density at radius 2 is 2.20 bits per heavy atom. The molecule has 1 aliphatic rings. The number of hydrogen-bond acceptors (Lipinski definition) is 2. The van der Waals surface area contributed by atoms with Gasteiger partial charge in [0.15, 0.2) is 0 Å². The molecule has 0 aliphatic heterocycles. The van der Waals surface area contributed by atoms with Crippen LogP contribution in [-0.4, -0.2) is 16.1 Å². The lowest BCUT2D eigenvalue weighted by Gasteiger charge is -2.19. The topological polar surface area (TPSA) is 29.9 Å². The van der Waals surface area contributed by atoms with Crippen LogP contribution in [0.3, 0.4) is 0 Å². The van der Waals surface area contributed by atoms with Crippen molar-refractivity contribution in [2.24, 2.45) is 5.92 Å². The highest BCUT2D eigenvalue weighted by molar-refractivity contribution is 5.24. The number of nitrogens with zero attached hydrogens (tertiary/aromatic N) is 2. The van der Waals surface area contributed by atoms with E-state index in [9.17, 15) is 8.78 Å². The van der Waals surface area contributed by atoms with Crippen molar-refractivity contribution >= 4 is 0 Å². The molecule has 1 aromatic heterocycles. The first-order valence-corrected chi connectivity index (χ1v) is 6.88. The molecule has 0 spiro atoms. The van der Waals surface area contributed by atoms with Crippen LogP contribution >= 0.6 is 0 Å². The summed E-state index contributed by atoms with van der Waals surface area (Å²) in [6.45, 7) is 1.47. The van der Waals surface area contributed by atoms with Gasteiger partial charge in [-0.2, -0.15) is 0 Å². The predicted molar refractivity (Wildman–Crippen MR) is 72.1 cm³/mol. The molecule has 1 aromatic carbocycles. The highest BCUT2D eigenvalue weighted by Crippen LogP contribution is 2.41. The minimum Gasteiger partial charge on any atom is -0.336 e. The number of halogens is 2. The Kier molecular flexibility index (Phi) is 3.78. The molecule has 0 bridgehead atoms. The van der Waals surface area contributed by atoms with Gasteiger partial charge < -0.3 is 9.88 Å². The largest absolute Gasteiger partial charge is 0.336 e. The molecule has 1 saturated carbocycles. The smallest absolute Gasteiger partial charge is 0.128 e. The van der Waals surface area contributed by atoms with Gasteiger partial charge >= 0.3 is 0 Å². The predicted octanol–water partition coefficient (Wildman–Crippen LogP) is 2.90. The fourth-order valence-corrected chi connectivity index (χ4v) is 2.48. The Morgan fingerprint density at radius 3 is 2.90 bits per heavy atom. The van der Waals surface area contributed by atoms with Gasteiger partial charge in [0.2, 0.25) is 0 Å². The van der Waals surface area contributed by atoms with Crippen LogP contribution in [0.4, 0.5) is 8.78 Å². The van der Waals surface area contributed by atoms with Crippen molar-refractivity contribution in [3.05, 3.63) is 54.1 Å². The van der Waals surface area contributed by atoms with Gasteiger partial charge in [-0.1, -0.05) is 0 Å². The van der Waals surface area contributed by atoms with E-state index < -0.39 is 0 Å². The summed E-state index contributed by atoms with van der Waals surface area (Å²) < 4.78 is 29.2. The monoisotopic (exact) mass is 277 g/mol. The lowest BCUT2D eigenvalue weighted by Crippen LogP contribution is -2.27. The summed E-state index contributed by atoms with van der Waals surface area (Å²) in [5, 5.41) is 3.35. The van der Waals surface area contributed by atoms with Crippen molar-refractivity contribution in [1.82, 2.24) is 14.9 Å². The number of nitrogens with one attached hydrogen (secondary N) is 1. The van der Waals surface area contributed by atoms with E-state index >= 15 is 0 Å². The third-order valence-electron chi connectivity index (χ3n) is 3.68. The minimum atomic E-state index is -0.386. The molecule has 1 heterocycles. The molecule has 5 heteroatoms. The third-order valence-corrected chi connectivity index (χ3v) is 3.68. The summed E-state index contributed by atoms with van der Waals surface area (Å²) in [5.41, 5.74) is 0.443. The van der Waals surface area contributed by atoms with Crippen LogP contribution < -0.4 is 5.32 Å². The Labute approximate surface area is 116 Å². The molecule has 0 saturated heterocycles. The summed E-state index contributed by atoms with van der Waals surface area (Å²) in [6, 6.07) is 3.57. The van der Waals surface area contributed by atoms with Gasteiger partial charge in [-0.3, -0.25) is 0 Å². The van der Waals surface area contributed by atoms with Crippen LogP contribution in [0.5, 0.6) is 0 Å². The standard InChI is InChI=1S/C15H17F2N3/c16-12-3-4-14(17)13(9-12)15(11-1-2-11)19-6-8-20-7-5-18-10-20/h3-5,7,9-11,15,19H,1-2,6,8H2. The van der Waals surface area contributed by atoms with E-state index in [0.717, 1.165) is 25.5 Å². The quantitative estimate of drug-likeness (QED) is 0.880. The second-order valence-electron chi connectivity index (χ2n) is 5.24. The van der Waals surface area contributed by atoms with Crippen molar-refractivity contribution < 1.29 is 8.78 Å². The second-order valence-corrected chi connectivity index (χ2v) is 5.24. The summed E-state index contributed by atoms with van der Waals surface area (Å²) in [4.78, 5) is 3.98. The van der Waals surface area contributed by atoms with E-state index in [0.29, 0.717) is 18.0 Å². The lowest BCUT2D eigenvalue weighted by atomic mass is 10.0. The van der Waals surface area contributed by atoms with E-state index in [-0.39, 0.29) is 17.7 Å².